The van der Waals surface area contributed by atoms with Gasteiger partial charge in [-0.1, -0.05) is 31.9 Å². The van der Waals surface area contributed by atoms with E-state index in [1.807, 2.05) is 0 Å². The fourth-order valence-corrected chi connectivity index (χ4v) is 2.30. The van der Waals surface area contributed by atoms with Gasteiger partial charge in [0.2, 0.25) is 0 Å². The maximum Gasteiger partial charge on any atom is 0.343 e. The number of rotatable bonds is 8. The van der Waals surface area contributed by atoms with E-state index in [-0.39, 0.29) is 17.1 Å². The number of hydrogen-bond donors (Lipinski definition) is 1. The first kappa shape index (κ1) is 18.4. The van der Waals surface area contributed by atoms with Gasteiger partial charge in [-0.3, -0.25) is 4.79 Å². The zero-order valence-corrected chi connectivity index (χ0v) is 14.0. The molecule has 25 heavy (non-hydrogen) atoms. The molecule has 0 atom stereocenters. The molecule has 0 aliphatic carbocycles. The third kappa shape index (κ3) is 5.28. The lowest BCUT2D eigenvalue weighted by Gasteiger charge is -2.06. The lowest BCUT2D eigenvalue weighted by Crippen LogP contribution is -2.09. The first-order valence-electron chi connectivity index (χ1n) is 8.20. The summed E-state index contributed by atoms with van der Waals surface area (Å²) in [6.07, 6.45) is 3.46. The standard InChI is InChI=1S/C20H20O5/c1-2-3-4-5-18(21)14-6-8-16(9-7-14)20(24)25-17-12-10-15(11-13-17)19(22)23/h6-13H,2-5H2,1H3,(H,22,23). The van der Waals surface area contributed by atoms with E-state index in [0.29, 0.717) is 17.5 Å². The normalized spacial score (nSPS) is 10.3. The number of benzene rings is 2. The molecule has 0 heterocycles. The number of ketones is 1. The minimum absolute atomic E-state index is 0.0672. The van der Waals surface area contributed by atoms with Gasteiger partial charge in [0, 0.05) is 12.0 Å². The summed E-state index contributed by atoms with van der Waals surface area (Å²) in [7, 11) is 0. The van der Waals surface area contributed by atoms with Gasteiger partial charge < -0.3 is 9.84 Å². The molecule has 0 aliphatic heterocycles. The highest BCUT2D eigenvalue weighted by atomic mass is 16.5. The Hall–Kier alpha value is -2.95. The van der Waals surface area contributed by atoms with Crippen molar-refractivity contribution >= 4 is 17.7 Å². The van der Waals surface area contributed by atoms with Crippen LogP contribution in [0.3, 0.4) is 0 Å². The minimum Gasteiger partial charge on any atom is -0.478 e. The van der Waals surface area contributed by atoms with E-state index in [2.05, 4.69) is 6.92 Å². The van der Waals surface area contributed by atoms with Gasteiger partial charge in [-0.2, -0.15) is 0 Å². The molecule has 0 bridgehead atoms. The van der Waals surface area contributed by atoms with Crippen molar-refractivity contribution in [2.75, 3.05) is 0 Å². The lowest BCUT2D eigenvalue weighted by molar-refractivity contribution is 0.0696. The molecular formula is C20H20O5. The van der Waals surface area contributed by atoms with E-state index >= 15 is 0 Å². The van der Waals surface area contributed by atoms with Crippen LogP contribution in [0.5, 0.6) is 5.75 Å². The van der Waals surface area contributed by atoms with Gasteiger partial charge in [0.25, 0.3) is 0 Å². The van der Waals surface area contributed by atoms with Gasteiger partial charge in [0.15, 0.2) is 5.78 Å². The summed E-state index contributed by atoms with van der Waals surface area (Å²) < 4.78 is 5.20. The summed E-state index contributed by atoms with van der Waals surface area (Å²) in [5.41, 5.74) is 1.02. The molecule has 0 saturated heterocycles. The molecule has 130 valence electrons. The predicted molar refractivity (Wildman–Crippen MR) is 93.3 cm³/mol. The Morgan fingerprint density at radius 1 is 0.840 bits per heavy atom. The summed E-state index contributed by atoms with van der Waals surface area (Å²) >= 11 is 0. The van der Waals surface area contributed by atoms with Crippen LogP contribution in [0.25, 0.3) is 0 Å². The van der Waals surface area contributed by atoms with Gasteiger partial charge >= 0.3 is 11.9 Å². The van der Waals surface area contributed by atoms with E-state index in [9.17, 15) is 14.4 Å². The number of carboxylic acid groups (broad SMARTS) is 1. The quantitative estimate of drug-likeness (QED) is 0.334. The smallest absolute Gasteiger partial charge is 0.343 e. The molecule has 0 saturated carbocycles. The second-order valence-electron chi connectivity index (χ2n) is 5.68. The largest absolute Gasteiger partial charge is 0.478 e. The average Bonchev–Trinajstić information content (AvgIpc) is 2.62. The Labute approximate surface area is 146 Å². The number of esters is 1. The summed E-state index contributed by atoms with van der Waals surface area (Å²) in [6.45, 7) is 2.08. The zero-order chi connectivity index (χ0) is 18.2. The number of unbranched alkanes of at least 4 members (excludes halogenated alkanes) is 2. The maximum atomic E-state index is 12.1. The number of carboxylic acids is 1. The third-order valence-corrected chi connectivity index (χ3v) is 3.76. The van der Waals surface area contributed by atoms with Crippen LogP contribution in [0.1, 0.15) is 63.7 Å². The van der Waals surface area contributed by atoms with E-state index in [1.54, 1.807) is 24.3 Å². The number of carbonyl (C=O) groups excluding carboxylic acids is 2. The Kier molecular flexibility index (Phi) is 6.46. The van der Waals surface area contributed by atoms with E-state index in [4.69, 9.17) is 9.84 Å². The van der Waals surface area contributed by atoms with E-state index < -0.39 is 11.9 Å². The molecule has 1 N–H and O–H groups in total. The Balaban J connectivity index is 1.97. The van der Waals surface area contributed by atoms with Crippen molar-refractivity contribution < 1.29 is 24.2 Å². The molecule has 0 aliphatic rings. The fourth-order valence-electron chi connectivity index (χ4n) is 2.30. The number of carbonyl (C=O) groups is 3. The molecule has 0 unspecified atom stereocenters. The second-order valence-corrected chi connectivity index (χ2v) is 5.68. The van der Waals surface area contributed by atoms with Crippen LogP contribution < -0.4 is 4.74 Å². The first-order valence-corrected chi connectivity index (χ1v) is 8.20. The number of ether oxygens (including phenoxy) is 1. The predicted octanol–water partition coefficient (Wildman–Crippen LogP) is 4.37. The molecule has 5 heteroatoms. The highest BCUT2D eigenvalue weighted by Gasteiger charge is 2.11. The minimum atomic E-state index is -1.04. The molecule has 2 aromatic carbocycles. The molecule has 0 radical (unpaired) electrons. The van der Waals surface area contributed by atoms with Crippen molar-refractivity contribution in [3.05, 3.63) is 65.2 Å². The summed E-state index contributed by atoms with van der Waals surface area (Å²) in [6, 6.07) is 11.9. The SMILES string of the molecule is CCCCCC(=O)c1ccc(C(=O)Oc2ccc(C(=O)O)cc2)cc1. The Morgan fingerprint density at radius 3 is 1.96 bits per heavy atom. The van der Waals surface area contributed by atoms with Crippen molar-refractivity contribution in [1.82, 2.24) is 0 Å². The van der Waals surface area contributed by atoms with Gasteiger partial charge in [-0.25, -0.2) is 9.59 Å². The Morgan fingerprint density at radius 2 is 1.40 bits per heavy atom. The summed E-state index contributed by atoms with van der Waals surface area (Å²) in [5.74, 6) is -1.28. The highest BCUT2D eigenvalue weighted by Crippen LogP contribution is 2.15. The van der Waals surface area contributed by atoms with Crippen LogP contribution in [-0.4, -0.2) is 22.8 Å². The number of aromatic carboxylic acids is 1. The van der Waals surface area contributed by atoms with Gasteiger partial charge in [-0.05, 0) is 42.8 Å². The van der Waals surface area contributed by atoms with Crippen LogP contribution in [0, 0.1) is 0 Å². The molecule has 0 fully saturated rings. The van der Waals surface area contributed by atoms with E-state index in [1.165, 1.54) is 24.3 Å². The van der Waals surface area contributed by atoms with Crippen LogP contribution in [-0.2, 0) is 0 Å². The van der Waals surface area contributed by atoms with Crippen LogP contribution in [0.15, 0.2) is 48.5 Å². The fraction of sp³-hybridized carbons (Fsp3) is 0.250. The maximum absolute atomic E-state index is 12.1. The molecule has 2 rings (SSSR count). The molecule has 2 aromatic rings. The Bertz CT molecular complexity index is 745. The molecular weight excluding hydrogens is 320 g/mol. The third-order valence-electron chi connectivity index (χ3n) is 3.76. The lowest BCUT2D eigenvalue weighted by atomic mass is 10.0. The summed E-state index contributed by atoms with van der Waals surface area (Å²) in [5, 5.41) is 8.84. The zero-order valence-electron chi connectivity index (χ0n) is 14.0. The molecule has 5 nitrogen and oxygen atoms in total. The van der Waals surface area contributed by atoms with Crippen LogP contribution in [0.4, 0.5) is 0 Å². The monoisotopic (exact) mass is 340 g/mol. The number of hydrogen-bond acceptors (Lipinski definition) is 4. The van der Waals surface area contributed by atoms with Crippen molar-refractivity contribution in [1.29, 1.82) is 0 Å². The van der Waals surface area contributed by atoms with Crippen molar-refractivity contribution in [3.63, 3.8) is 0 Å². The second kappa shape index (κ2) is 8.78. The van der Waals surface area contributed by atoms with Crippen molar-refractivity contribution in [2.45, 2.75) is 32.6 Å². The van der Waals surface area contributed by atoms with Crippen LogP contribution in [0.2, 0.25) is 0 Å². The van der Waals surface area contributed by atoms with Gasteiger partial charge in [-0.15, -0.1) is 0 Å². The van der Waals surface area contributed by atoms with Gasteiger partial charge in [0.05, 0.1) is 11.1 Å². The van der Waals surface area contributed by atoms with E-state index in [0.717, 1.165) is 19.3 Å². The number of Topliss-reactive ketones (excluding diaryl/α,β-unsaturated/α-hetero) is 1. The van der Waals surface area contributed by atoms with Crippen molar-refractivity contribution in [3.8, 4) is 5.75 Å². The summed E-state index contributed by atoms with van der Waals surface area (Å²) in [4.78, 5) is 34.9. The molecule has 0 spiro atoms. The first-order chi connectivity index (χ1) is 12.0. The van der Waals surface area contributed by atoms with Crippen LogP contribution >= 0.6 is 0 Å². The average molecular weight is 340 g/mol. The molecule has 0 amide bonds. The topological polar surface area (TPSA) is 80.7 Å². The molecule has 0 aromatic heterocycles. The van der Waals surface area contributed by atoms with Crippen molar-refractivity contribution in [2.24, 2.45) is 0 Å². The van der Waals surface area contributed by atoms with Gasteiger partial charge in [0.1, 0.15) is 5.75 Å². The highest BCUT2D eigenvalue weighted by molar-refractivity contribution is 5.98.